The van der Waals surface area contributed by atoms with Crippen LogP contribution in [0.5, 0.6) is 0 Å². The molecule has 0 aliphatic carbocycles. The first-order valence-corrected chi connectivity index (χ1v) is 7.48. The summed E-state index contributed by atoms with van der Waals surface area (Å²) in [4.78, 5) is 11.9. The number of nitrogens with zero attached hydrogens (tertiary/aromatic N) is 3. The number of benzene rings is 1. The average molecular weight is 340 g/mol. The minimum Gasteiger partial charge on any atom is -0.458 e. The minimum atomic E-state index is -0.881. The second-order valence-corrected chi connectivity index (χ2v) is 5.68. The highest BCUT2D eigenvalue weighted by Gasteiger charge is 2.22. The first-order chi connectivity index (χ1) is 10.9. The summed E-state index contributed by atoms with van der Waals surface area (Å²) in [5.74, 6) is -0.656. The molecule has 7 nitrogen and oxygen atoms in total. The predicted molar refractivity (Wildman–Crippen MR) is 82.9 cm³/mol. The van der Waals surface area contributed by atoms with Crippen LogP contribution in [0.2, 0.25) is 5.02 Å². The Morgan fingerprint density at radius 2 is 2.00 bits per heavy atom. The number of carbonyl (C=O) groups is 1. The molecule has 2 rings (SSSR count). The zero-order chi connectivity index (χ0) is 17.0. The highest BCUT2D eigenvalue weighted by Crippen LogP contribution is 2.19. The van der Waals surface area contributed by atoms with Gasteiger partial charge in [-0.15, -0.1) is 5.10 Å². The summed E-state index contributed by atoms with van der Waals surface area (Å²) in [5, 5.41) is 27.9. The molecule has 0 saturated carbocycles. The normalized spacial score (nSPS) is 12.4. The van der Waals surface area contributed by atoms with Crippen LogP contribution in [0.3, 0.4) is 0 Å². The van der Waals surface area contributed by atoms with E-state index in [1.165, 1.54) is 4.68 Å². The number of aromatic nitrogens is 3. The molecular weight excluding hydrogens is 322 g/mol. The maximum Gasteiger partial charge on any atom is 0.361 e. The predicted octanol–water partition coefficient (Wildman–Crippen LogP) is 1.72. The van der Waals surface area contributed by atoms with Crippen molar-refractivity contribution < 1.29 is 19.7 Å². The third-order valence-corrected chi connectivity index (χ3v) is 3.38. The first kappa shape index (κ1) is 17.4. The highest BCUT2D eigenvalue weighted by molar-refractivity contribution is 6.30. The summed E-state index contributed by atoms with van der Waals surface area (Å²) >= 11 is 5.81. The van der Waals surface area contributed by atoms with Crippen LogP contribution < -0.4 is 0 Å². The average Bonchev–Trinajstić information content (AvgIpc) is 2.89. The lowest BCUT2D eigenvalue weighted by atomic mass is 10.1. The number of rotatable bonds is 6. The Kier molecular flexibility index (Phi) is 5.70. The van der Waals surface area contributed by atoms with Gasteiger partial charge in [0.1, 0.15) is 0 Å². The summed E-state index contributed by atoms with van der Waals surface area (Å²) in [6.45, 7) is 3.03. The van der Waals surface area contributed by atoms with Gasteiger partial charge >= 0.3 is 5.97 Å². The van der Waals surface area contributed by atoms with Crippen molar-refractivity contribution in [3.63, 3.8) is 0 Å². The molecule has 2 aromatic rings. The molecule has 0 unspecified atom stereocenters. The molecular formula is C15H18ClN3O4. The van der Waals surface area contributed by atoms with Crippen molar-refractivity contribution >= 4 is 17.6 Å². The zero-order valence-corrected chi connectivity index (χ0v) is 13.6. The van der Waals surface area contributed by atoms with Crippen LogP contribution in [0.15, 0.2) is 24.3 Å². The first-order valence-electron chi connectivity index (χ1n) is 7.10. The fraction of sp³-hybridized carbons (Fsp3) is 0.400. The van der Waals surface area contributed by atoms with E-state index in [0.29, 0.717) is 10.6 Å². The molecule has 0 aliphatic heterocycles. The van der Waals surface area contributed by atoms with Gasteiger partial charge in [-0.25, -0.2) is 9.48 Å². The number of hydrogen-bond acceptors (Lipinski definition) is 6. The van der Waals surface area contributed by atoms with Crippen molar-refractivity contribution in [3.05, 3.63) is 46.2 Å². The number of aliphatic hydroxyl groups excluding tert-OH is 2. The van der Waals surface area contributed by atoms with Gasteiger partial charge in [0.25, 0.3) is 0 Å². The number of carbonyl (C=O) groups excluding carboxylic acids is 1. The Morgan fingerprint density at radius 1 is 1.35 bits per heavy atom. The molecule has 8 heteroatoms. The van der Waals surface area contributed by atoms with E-state index in [0.717, 1.165) is 0 Å². The molecule has 1 aromatic heterocycles. The number of hydrogen-bond donors (Lipinski definition) is 2. The van der Waals surface area contributed by atoms with Gasteiger partial charge in [-0.05, 0) is 31.5 Å². The van der Waals surface area contributed by atoms with E-state index in [1.54, 1.807) is 38.1 Å². The van der Waals surface area contributed by atoms with Gasteiger partial charge in [0, 0.05) is 5.02 Å². The van der Waals surface area contributed by atoms with Crippen molar-refractivity contribution in [2.24, 2.45) is 0 Å². The van der Waals surface area contributed by atoms with Gasteiger partial charge in [0.05, 0.1) is 31.1 Å². The summed E-state index contributed by atoms with van der Waals surface area (Å²) in [7, 11) is 0. The Labute approximate surface area is 138 Å². The Bertz CT molecular complexity index is 670. The van der Waals surface area contributed by atoms with E-state index < -0.39 is 18.7 Å². The summed E-state index contributed by atoms with van der Waals surface area (Å²) < 4.78 is 6.34. The monoisotopic (exact) mass is 339 g/mol. The quantitative estimate of drug-likeness (QED) is 0.778. The van der Waals surface area contributed by atoms with Crippen molar-refractivity contribution in [2.75, 3.05) is 0 Å². The fourth-order valence-electron chi connectivity index (χ4n) is 2.02. The second kappa shape index (κ2) is 7.54. The van der Waals surface area contributed by atoms with E-state index in [4.69, 9.17) is 16.3 Å². The molecule has 0 fully saturated rings. The van der Waals surface area contributed by atoms with Gasteiger partial charge in [0.2, 0.25) is 0 Å². The molecule has 23 heavy (non-hydrogen) atoms. The maximum absolute atomic E-state index is 11.9. The SMILES string of the molecule is CC(C)OC(=O)c1nnn(C[C@H](O)c2ccc(Cl)cc2)c1CO. The van der Waals surface area contributed by atoms with Gasteiger partial charge in [-0.1, -0.05) is 28.9 Å². The van der Waals surface area contributed by atoms with Crippen LogP contribution in [0.1, 0.15) is 41.7 Å². The van der Waals surface area contributed by atoms with E-state index in [-0.39, 0.29) is 24.0 Å². The molecule has 0 bridgehead atoms. The van der Waals surface area contributed by atoms with Crippen molar-refractivity contribution in [2.45, 2.75) is 39.2 Å². The lowest BCUT2D eigenvalue weighted by Crippen LogP contribution is -2.16. The standard InChI is InChI=1S/C15H18ClN3O4/c1-9(2)23-15(22)14-12(8-20)19(18-17-14)7-13(21)10-3-5-11(16)6-4-10/h3-6,9,13,20-21H,7-8H2,1-2H3/t13-/m0/s1. The Balaban J connectivity index is 2.18. The smallest absolute Gasteiger partial charge is 0.361 e. The van der Waals surface area contributed by atoms with Crippen LogP contribution in [0.4, 0.5) is 0 Å². The molecule has 0 saturated heterocycles. The molecule has 2 N–H and O–H groups in total. The van der Waals surface area contributed by atoms with Crippen LogP contribution >= 0.6 is 11.6 Å². The number of ether oxygens (including phenoxy) is 1. The summed E-state index contributed by atoms with van der Waals surface area (Å²) in [5.41, 5.74) is 0.785. The molecule has 0 amide bonds. The second-order valence-electron chi connectivity index (χ2n) is 5.25. The van der Waals surface area contributed by atoms with E-state index in [1.807, 2.05) is 0 Å². The van der Waals surface area contributed by atoms with Gasteiger partial charge in [-0.2, -0.15) is 0 Å². The fourth-order valence-corrected chi connectivity index (χ4v) is 2.14. The van der Waals surface area contributed by atoms with Crippen LogP contribution in [0, 0.1) is 0 Å². The molecule has 1 heterocycles. The van der Waals surface area contributed by atoms with Crippen molar-refractivity contribution in [1.29, 1.82) is 0 Å². The Morgan fingerprint density at radius 3 is 2.57 bits per heavy atom. The molecule has 0 aliphatic rings. The van der Waals surface area contributed by atoms with Gasteiger partial charge < -0.3 is 14.9 Å². The third kappa shape index (κ3) is 4.28. The topological polar surface area (TPSA) is 97.5 Å². The number of esters is 1. The molecule has 124 valence electrons. The van der Waals surface area contributed by atoms with Crippen molar-refractivity contribution in [1.82, 2.24) is 15.0 Å². The largest absolute Gasteiger partial charge is 0.458 e. The van der Waals surface area contributed by atoms with Gasteiger partial charge in [0.15, 0.2) is 5.69 Å². The molecule has 0 radical (unpaired) electrons. The van der Waals surface area contributed by atoms with Crippen LogP contribution in [-0.2, 0) is 17.9 Å². The highest BCUT2D eigenvalue weighted by atomic mass is 35.5. The maximum atomic E-state index is 11.9. The molecule has 1 atom stereocenters. The van der Waals surface area contributed by atoms with E-state index in [2.05, 4.69) is 10.3 Å². The molecule has 0 spiro atoms. The lowest BCUT2D eigenvalue weighted by molar-refractivity contribution is 0.0366. The van der Waals surface area contributed by atoms with E-state index >= 15 is 0 Å². The van der Waals surface area contributed by atoms with Crippen LogP contribution in [0.25, 0.3) is 0 Å². The number of halogens is 1. The van der Waals surface area contributed by atoms with Gasteiger partial charge in [-0.3, -0.25) is 0 Å². The van der Waals surface area contributed by atoms with Crippen LogP contribution in [-0.4, -0.2) is 37.3 Å². The number of aliphatic hydroxyl groups is 2. The minimum absolute atomic E-state index is 0.0412. The molecule has 1 aromatic carbocycles. The van der Waals surface area contributed by atoms with E-state index in [9.17, 15) is 15.0 Å². The summed E-state index contributed by atoms with van der Waals surface area (Å²) in [6, 6.07) is 6.71. The third-order valence-electron chi connectivity index (χ3n) is 3.12. The van der Waals surface area contributed by atoms with Crippen molar-refractivity contribution in [3.8, 4) is 0 Å². The zero-order valence-electron chi connectivity index (χ0n) is 12.8. The summed E-state index contributed by atoms with van der Waals surface area (Å²) in [6.07, 6.45) is -1.19. The lowest BCUT2D eigenvalue weighted by Gasteiger charge is -2.13. The Hall–Kier alpha value is -1.96.